The molecule has 0 saturated heterocycles. The van der Waals surface area contributed by atoms with E-state index in [1.54, 1.807) is 24.3 Å². The Hall–Kier alpha value is -5.30. The zero-order valence-corrected chi connectivity index (χ0v) is 26.8. The van der Waals surface area contributed by atoms with Gasteiger partial charge in [0.05, 0.1) is 30.3 Å². The van der Waals surface area contributed by atoms with Crippen LogP contribution in [0.25, 0.3) is 0 Å². The molecular weight excluding hydrogens is 586 g/mol. The van der Waals surface area contributed by atoms with Crippen molar-refractivity contribution < 1.29 is 19.1 Å². The van der Waals surface area contributed by atoms with Gasteiger partial charge in [0.15, 0.2) is 0 Å². The Bertz CT molecular complexity index is 1820. The first-order valence-electron chi connectivity index (χ1n) is 16.0. The van der Waals surface area contributed by atoms with E-state index in [1.807, 2.05) is 81.0 Å². The molecule has 2 aliphatic rings. The summed E-state index contributed by atoms with van der Waals surface area (Å²) in [5.74, 6) is -0.949. The lowest BCUT2D eigenvalue weighted by Crippen LogP contribution is -2.39. The number of benzene rings is 4. The van der Waals surface area contributed by atoms with Crippen molar-refractivity contribution in [1.82, 2.24) is 14.5 Å². The van der Waals surface area contributed by atoms with Crippen LogP contribution in [0.3, 0.4) is 0 Å². The van der Waals surface area contributed by atoms with E-state index < -0.39 is 16.4 Å². The van der Waals surface area contributed by atoms with Crippen LogP contribution in [0.5, 0.6) is 0 Å². The summed E-state index contributed by atoms with van der Waals surface area (Å²) in [5, 5.41) is 0. The number of methoxy groups -OCH3 is 1. The largest absolute Gasteiger partial charge is 0.468 e. The molecule has 7 rings (SSSR count). The van der Waals surface area contributed by atoms with Crippen molar-refractivity contribution in [3.63, 3.8) is 0 Å². The lowest BCUT2D eigenvalue weighted by atomic mass is 9.76. The number of hydrogen-bond donors (Lipinski definition) is 0. The Balaban J connectivity index is 1.25. The standard InChI is InChI=1S/C40H37N3O4/c1-38(2,26-43-35(44)32-21-13-14-22-33(32)36(43)45)23-31-24-39(31,37(46)47-3)34-25-42(27-41-34)40(28-15-7-4-8-16-28,29-17-9-5-10-18-29)30-19-11-6-12-20-30/h4-22,25,27,31H,23-24,26H2,1-3H3/t31-,39+/m0/s1. The summed E-state index contributed by atoms with van der Waals surface area (Å²) in [6, 6.07) is 37.9. The van der Waals surface area contributed by atoms with Crippen LogP contribution in [0.2, 0.25) is 0 Å². The molecule has 2 atom stereocenters. The van der Waals surface area contributed by atoms with E-state index in [0.29, 0.717) is 29.7 Å². The van der Waals surface area contributed by atoms with Crippen molar-refractivity contribution in [2.45, 2.75) is 37.6 Å². The molecule has 236 valence electrons. The Morgan fingerprint density at radius 2 is 1.26 bits per heavy atom. The van der Waals surface area contributed by atoms with Gasteiger partial charge in [-0.05, 0) is 53.0 Å². The van der Waals surface area contributed by atoms with Crippen molar-refractivity contribution >= 4 is 17.8 Å². The maximum Gasteiger partial charge on any atom is 0.318 e. The molecule has 1 fully saturated rings. The summed E-state index contributed by atoms with van der Waals surface area (Å²) in [7, 11) is 1.42. The molecule has 4 aromatic carbocycles. The topological polar surface area (TPSA) is 81.5 Å². The van der Waals surface area contributed by atoms with Crippen molar-refractivity contribution in [2.24, 2.45) is 11.3 Å². The van der Waals surface area contributed by atoms with E-state index >= 15 is 0 Å². The second-order valence-electron chi connectivity index (χ2n) is 13.4. The number of fused-ring (bicyclic) bond motifs is 1. The van der Waals surface area contributed by atoms with Crippen LogP contribution in [0.1, 0.15) is 69.8 Å². The minimum absolute atomic E-state index is 0.0805. The van der Waals surface area contributed by atoms with Gasteiger partial charge in [-0.15, -0.1) is 0 Å². The first kappa shape index (κ1) is 30.4. The predicted molar refractivity (Wildman–Crippen MR) is 179 cm³/mol. The summed E-state index contributed by atoms with van der Waals surface area (Å²) < 4.78 is 7.55. The summed E-state index contributed by atoms with van der Waals surface area (Å²) in [6.07, 6.45) is 4.99. The molecule has 0 N–H and O–H groups in total. The van der Waals surface area contributed by atoms with Crippen molar-refractivity contribution in [1.29, 1.82) is 0 Å². The van der Waals surface area contributed by atoms with Crippen LogP contribution in [-0.2, 0) is 20.5 Å². The van der Waals surface area contributed by atoms with Gasteiger partial charge in [-0.2, -0.15) is 0 Å². The SMILES string of the molecule is COC(=O)[C@]1(c2cn(C(c3ccccc3)(c3ccccc3)c3ccccc3)cn2)C[C@@H]1CC(C)(C)CN1C(=O)c2ccccc2C1=O. The zero-order valence-electron chi connectivity index (χ0n) is 26.8. The highest BCUT2D eigenvalue weighted by atomic mass is 16.5. The van der Waals surface area contributed by atoms with Gasteiger partial charge in [-0.25, -0.2) is 4.98 Å². The van der Waals surface area contributed by atoms with E-state index in [9.17, 15) is 14.4 Å². The number of carbonyl (C=O) groups excluding carboxylic acids is 3. The number of ether oxygens (including phenoxy) is 1. The minimum atomic E-state index is -0.935. The Morgan fingerprint density at radius 3 is 1.72 bits per heavy atom. The number of esters is 1. The Kier molecular flexibility index (Phi) is 7.43. The van der Waals surface area contributed by atoms with Gasteiger partial charge in [0.2, 0.25) is 0 Å². The van der Waals surface area contributed by atoms with E-state index in [-0.39, 0.29) is 30.2 Å². The van der Waals surface area contributed by atoms with E-state index in [1.165, 1.54) is 12.0 Å². The molecule has 1 aromatic heterocycles. The van der Waals surface area contributed by atoms with Gasteiger partial charge >= 0.3 is 5.97 Å². The smallest absolute Gasteiger partial charge is 0.318 e. The van der Waals surface area contributed by atoms with Crippen molar-refractivity contribution in [3.8, 4) is 0 Å². The molecular formula is C40H37N3O4. The summed E-state index contributed by atoms with van der Waals surface area (Å²) in [6.45, 7) is 4.34. The number of hydrogen-bond acceptors (Lipinski definition) is 5. The van der Waals surface area contributed by atoms with Crippen LogP contribution in [0.4, 0.5) is 0 Å². The molecule has 1 aliphatic carbocycles. The van der Waals surface area contributed by atoms with Crippen molar-refractivity contribution in [2.75, 3.05) is 13.7 Å². The van der Waals surface area contributed by atoms with Crippen LogP contribution >= 0.6 is 0 Å². The summed E-state index contributed by atoms with van der Waals surface area (Å²) in [4.78, 5) is 46.3. The number of imide groups is 1. The quantitative estimate of drug-likeness (QED) is 0.0964. The average molecular weight is 624 g/mol. The van der Waals surface area contributed by atoms with Gasteiger partial charge in [0.1, 0.15) is 11.0 Å². The fourth-order valence-corrected chi connectivity index (χ4v) is 7.69. The Labute approximate surface area is 274 Å². The fraction of sp³-hybridized carbons (Fsp3) is 0.250. The molecule has 7 nitrogen and oxygen atoms in total. The van der Waals surface area contributed by atoms with Gasteiger partial charge in [0, 0.05) is 12.7 Å². The van der Waals surface area contributed by atoms with Crippen LogP contribution in [0.15, 0.2) is 128 Å². The van der Waals surface area contributed by atoms with E-state index in [0.717, 1.165) is 16.7 Å². The third-order valence-corrected chi connectivity index (χ3v) is 9.92. The van der Waals surface area contributed by atoms with Gasteiger partial charge in [-0.1, -0.05) is 117 Å². The van der Waals surface area contributed by atoms with Crippen molar-refractivity contribution in [3.05, 3.63) is 161 Å². The second-order valence-corrected chi connectivity index (χ2v) is 13.4. The van der Waals surface area contributed by atoms with E-state index in [4.69, 9.17) is 9.72 Å². The third kappa shape index (κ3) is 4.89. The van der Waals surface area contributed by atoms with Gasteiger partial charge in [-0.3, -0.25) is 19.3 Å². The number of nitrogens with zero attached hydrogens (tertiary/aromatic N) is 3. The number of amides is 2. The predicted octanol–water partition coefficient (Wildman–Crippen LogP) is 6.87. The molecule has 0 unspecified atom stereocenters. The highest BCUT2D eigenvalue weighted by Gasteiger charge is 2.64. The average Bonchev–Trinajstić information content (AvgIpc) is 3.48. The molecule has 0 spiro atoms. The highest BCUT2D eigenvalue weighted by Crippen LogP contribution is 2.59. The molecule has 0 radical (unpaired) electrons. The molecule has 7 heteroatoms. The second kappa shape index (κ2) is 11.5. The molecule has 1 aliphatic heterocycles. The normalized spacial score (nSPS) is 19.0. The number of carbonyl (C=O) groups is 3. The monoisotopic (exact) mass is 623 g/mol. The minimum Gasteiger partial charge on any atom is -0.468 e. The Morgan fingerprint density at radius 1 is 0.787 bits per heavy atom. The molecule has 0 bridgehead atoms. The molecule has 1 saturated carbocycles. The highest BCUT2D eigenvalue weighted by molar-refractivity contribution is 6.21. The maximum atomic E-state index is 13.7. The van der Waals surface area contributed by atoms with E-state index in [2.05, 4.69) is 41.0 Å². The van der Waals surface area contributed by atoms with Gasteiger partial charge in [0.25, 0.3) is 11.8 Å². The lowest BCUT2D eigenvalue weighted by molar-refractivity contribution is -0.144. The first-order valence-corrected chi connectivity index (χ1v) is 16.0. The molecule has 2 heterocycles. The van der Waals surface area contributed by atoms with Crippen LogP contribution in [0, 0.1) is 11.3 Å². The van der Waals surface area contributed by atoms with Crippen LogP contribution in [-0.4, -0.2) is 45.9 Å². The molecule has 47 heavy (non-hydrogen) atoms. The summed E-state index contributed by atoms with van der Waals surface area (Å²) in [5.41, 5.74) is 2.54. The fourth-order valence-electron chi connectivity index (χ4n) is 7.69. The molecule has 5 aromatic rings. The lowest BCUT2D eigenvalue weighted by Gasteiger charge is -2.37. The van der Waals surface area contributed by atoms with Crippen LogP contribution < -0.4 is 0 Å². The number of rotatable bonds is 10. The third-order valence-electron chi connectivity index (χ3n) is 9.92. The molecule has 2 amide bonds. The first-order chi connectivity index (χ1) is 22.7. The number of imidazole rings is 1. The maximum absolute atomic E-state index is 13.7. The zero-order chi connectivity index (χ0) is 32.8. The summed E-state index contributed by atoms with van der Waals surface area (Å²) >= 11 is 0. The van der Waals surface area contributed by atoms with Gasteiger partial charge < -0.3 is 9.30 Å². The number of aromatic nitrogens is 2.